The molecule has 86 valence electrons. The SMILES string of the molecule is CC(C)CNC(=O)C1CNc2ccccc21. The Bertz CT molecular complexity index is 387. The maximum absolute atomic E-state index is 12.0. The Balaban J connectivity index is 2.04. The van der Waals surface area contributed by atoms with Crippen LogP contribution in [0, 0.1) is 5.92 Å². The largest absolute Gasteiger partial charge is 0.384 e. The lowest BCUT2D eigenvalue weighted by Crippen LogP contribution is -2.32. The van der Waals surface area contributed by atoms with Crippen molar-refractivity contribution in [2.75, 3.05) is 18.4 Å². The summed E-state index contributed by atoms with van der Waals surface area (Å²) in [5.41, 5.74) is 2.20. The van der Waals surface area contributed by atoms with Crippen LogP contribution in [0.15, 0.2) is 24.3 Å². The van der Waals surface area contributed by atoms with Crippen molar-refractivity contribution in [2.24, 2.45) is 5.92 Å². The number of nitrogens with one attached hydrogen (secondary N) is 2. The Morgan fingerprint density at radius 2 is 2.25 bits per heavy atom. The first kappa shape index (κ1) is 11.0. The summed E-state index contributed by atoms with van der Waals surface area (Å²) in [6.45, 7) is 5.66. The minimum absolute atomic E-state index is 0.0325. The molecule has 1 aliphatic heterocycles. The van der Waals surface area contributed by atoms with Crippen LogP contribution in [0.3, 0.4) is 0 Å². The van der Waals surface area contributed by atoms with E-state index in [1.54, 1.807) is 0 Å². The molecule has 1 aromatic rings. The normalized spacial score (nSPS) is 18.1. The van der Waals surface area contributed by atoms with E-state index in [1.807, 2.05) is 24.3 Å². The highest BCUT2D eigenvalue weighted by molar-refractivity contribution is 5.88. The van der Waals surface area contributed by atoms with Gasteiger partial charge in [-0.15, -0.1) is 0 Å². The number of carbonyl (C=O) groups excluding carboxylic acids is 1. The number of hydrogen-bond acceptors (Lipinski definition) is 2. The number of benzene rings is 1. The van der Waals surface area contributed by atoms with Crippen LogP contribution in [-0.2, 0) is 4.79 Å². The Morgan fingerprint density at radius 3 is 3.00 bits per heavy atom. The molecule has 3 nitrogen and oxygen atoms in total. The number of hydrogen-bond donors (Lipinski definition) is 2. The van der Waals surface area contributed by atoms with Gasteiger partial charge in [0.25, 0.3) is 0 Å². The van der Waals surface area contributed by atoms with Crippen LogP contribution in [0.1, 0.15) is 25.3 Å². The first-order valence-electron chi connectivity index (χ1n) is 5.79. The average molecular weight is 218 g/mol. The molecule has 0 radical (unpaired) electrons. The van der Waals surface area contributed by atoms with Crippen LogP contribution in [0.2, 0.25) is 0 Å². The molecule has 16 heavy (non-hydrogen) atoms. The van der Waals surface area contributed by atoms with Crippen LogP contribution in [0.25, 0.3) is 0 Å². The summed E-state index contributed by atoms with van der Waals surface area (Å²) < 4.78 is 0. The zero-order valence-corrected chi connectivity index (χ0v) is 9.79. The van der Waals surface area contributed by atoms with Crippen LogP contribution in [0.5, 0.6) is 0 Å². The molecule has 0 aromatic heterocycles. The zero-order valence-electron chi connectivity index (χ0n) is 9.79. The molecule has 0 saturated heterocycles. The van der Waals surface area contributed by atoms with Crippen LogP contribution >= 0.6 is 0 Å². The molecule has 1 unspecified atom stereocenters. The molecule has 0 saturated carbocycles. The monoisotopic (exact) mass is 218 g/mol. The highest BCUT2D eigenvalue weighted by atomic mass is 16.1. The molecule has 0 aliphatic carbocycles. The molecule has 2 rings (SSSR count). The second-order valence-electron chi connectivity index (χ2n) is 4.66. The standard InChI is InChI=1S/C13H18N2O/c1-9(2)7-15-13(16)11-8-14-12-6-4-3-5-10(11)12/h3-6,9,11,14H,7-8H2,1-2H3,(H,15,16). The highest BCUT2D eigenvalue weighted by Gasteiger charge is 2.27. The first-order valence-corrected chi connectivity index (χ1v) is 5.79. The fourth-order valence-electron chi connectivity index (χ4n) is 1.95. The molecule has 0 spiro atoms. The van der Waals surface area contributed by atoms with E-state index in [9.17, 15) is 4.79 Å². The number of amides is 1. The van der Waals surface area contributed by atoms with Crippen LogP contribution < -0.4 is 10.6 Å². The molecule has 2 N–H and O–H groups in total. The van der Waals surface area contributed by atoms with Crippen molar-refractivity contribution in [1.29, 1.82) is 0 Å². The van der Waals surface area contributed by atoms with Crippen LogP contribution in [0.4, 0.5) is 5.69 Å². The molecule has 0 fully saturated rings. The van der Waals surface area contributed by atoms with E-state index < -0.39 is 0 Å². The maximum atomic E-state index is 12.0. The first-order chi connectivity index (χ1) is 7.68. The number of anilines is 1. The van der Waals surface area contributed by atoms with Gasteiger partial charge >= 0.3 is 0 Å². The third-order valence-corrected chi connectivity index (χ3v) is 2.83. The molecule has 1 aliphatic rings. The second-order valence-corrected chi connectivity index (χ2v) is 4.66. The van der Waals surface area contributed by atoms with Gasteiger partial charge in [-0.05, 0) is 17.5 Å². The van der Waals surface area contributed by atoms with E-state index in [0.717, 1.165) is 17.8 Å². The van der Waals surface area contributed by atoms with E-state index in [4.69, 9.17) is 0 Å². The highest BCUT2D eigenvalue weighted by Crippen LogP contribution is 2.30. The van der Waals surface area contributed by atoms with Crippen molar-refractivity contribution < 1.29 is 4.79 Å². The van der Waals surface area contributed by atoms with E-state index in [1.165, 1.54) is 0 Å². The topological polar surface area (TPSA) is 41.1 Å². The maximum Gasteiger partial charge on any atom is 0.229 e. The van der Waals surface area contributed by atoms with E-state index in [-0.39, 0.29) is 11.8 Å². The van der Waals surface area contributed by atoms with Crippen molar-refractivity contribution in [1.82, 2.24) is 5.32 Å². The molecular formula is C13H18N2O. The number of rotatable bonds is 3. The molecule has 0 bridgehead atoms. The molecule has 1 heterocycles. The Labute approximate surface area is 96.2 Å². The lowest BCUT2D eigenvalue weighted by Gasteiger charge is -2.12. The van der Waals surface area contributed by atoms with E-state index in [2.05, 4.69) is 24.5 Å². The number of fused-ring (bicyclic) bond motifs is 1. The Kier molecular flexibility index (Phi) is 3.13. The van der Waals surface area contributed by atoms with Gasteiger partial charge in [0.2, 0.25) is 5.91 Å². The summed E-state index contributed by atoms with van der Waals surface area (Å²) in [5.74, 6) is 0.592. The predicted octanol–water partition coefficient (Wildman–Crippen LogP) is 1.97. The van der Waals surface area contributed by atoms with E-state index >= 15 is 0 Å². The van der Waals surface area contributed by atoms with Gasteiger partial charge in [0.15, 0.2) is 0 Å². The molecule has 1 aromatic carbocycles. The van der Waals surface area contributed by atoms with Gasteiger partial charge in [-0.25, -0.2) is 0 Å². The summed E-state index contributed by atoms with van der Waals surface area (Å²) in [5, 5.41) is 6.24. The fraction of sp³-hybridized carbons (Fsp3) is 0.462. The van der Waals surface area contributed by atoms with Gasteiger partial charge in [-0.3, -0.25) is 4.79 Å². The van der Waals surface area contributed by atoms with Crippen molar-refractivity contribution >= 4 is 11.6 Å². The lowest BCUT2D eigenvalue weighted by molar-refractivity contribution is -0.122. The predicted molar refractivity (Wildman–Crippen MR) is 65.5 cm³/mol. The second kappa shape index (κ2) is 4.56. The van der Waals surface area contributed by atoms with Gasteiger partial charge in [-0.2, -0.15) is 0 Å². The van der Waals surface area contributed by atoms with Gasteiger partial charge in [-0.1, -0.05) is 32.0 Å². The third kappa shape index (κ3) is 2.18. The van der Waals surface area contributed by atoms with Gasteiger partial charge in [0.1, 0.15) is 0 Å². The van der Waals surface area contributed by atoms with Crippen molar-refractivity contribution in [3.05, 3.63) is 29.8 Å². The number of para-hydroxylation sites is 1. The summed E-state index contributed by atoms with van der Waals surface area (Å²) in [6.07, 6.45) is 0. The van der Waals surface area contributed by atoms with Crippen molar-refractivity contribution in [2.45, 2.75) is 19.8 Å². The van der Waals surface area contributed by atoms with Gasteiger partial charge in [0.05, 0.1) is 5.92 Å². The summed E-state index contributed by atoms with van der Waals surface area (Å²) in [7, 11) is 0. The Hall–Kier alpha value is -1.51. The Morgan fingerprint density at radius 1 is 1.50 bits per heavy atom. The van der Waals surface area contributed by atoms with Gasteiger partial charge < -0.3 is 10.6 Å². The fourth-order valence-corrected chi connectivity index (χ4v) is 1.95. The lowest BCUT2D eigenvalue weighted by atomic mass is 10.0. The molecular weight excluding hydrogens is 200 g/mol. The smallest absolute Gasteiger partial charge is 0.229 e. The average Bonchev–Trinajstić information content (AvgIpc) is 2.69. The summed E-state index contributed by atoms with van der Waals surface area (Å²) in [6, 6.07) is 8.01. The quantitative estimate of drug-likeness (QED) is 0.814. The minimum Gasteiger partial charge on any atom is -0.384 e. The van der Waals surface area contributed by atoms with Crippen molar-refractivity contribution in [3.8, 4) is 0 Å². The van der Waals surface area contributed by atoms with Crippen LogP contribution in [-0.4, -0.2) is 19.0 Å². The molecule has 3 heteroatoms. The summed E-state index contributed by atoms with van der Waals surface area (Å²) in [4.78, 5) is 12.0. The van der Waals surface area contributed by atoms with Crippen molar-refractivity contribution in [3.63, 3.8) is 0 Å². The minimum atomic E-state index is -0.0325. The van der Waals surface area contributed by atoms with E-state index in [0.29, 0.717) is 12.5 Å². The third-order valence-electron chi connectivity index (χ3n) is 2.83. The molecule has 1 amide bonds. The zero-order chi connectivity index (χ0) is 11.5. The van der Waals surface area contributed by atoms with Gasteiger partial charge in [0, 0.05) is 18.8 Å². The summed E-state index contributed by atoms with van der Waals surface area (Å²) >= 11 is 0. The molecule has 1 atom stereocenters. The number of carbonyl (C=O) groups is 1.